The SMILES string of the molecule is CCOC(=O)/C(F)=C/C(CO[Si](C)(C)C(C)(C)C)O[Si](C)(C)C(C)(C)C. The number of ether oxygens (including phenoxy) is 1. The van der Waals surface area contributed by atoms with Crippen molar-refractivity contribution in [3.63, 3.8) is 0 Å². The Morgan fingerprint density at radius 1 is 1.00 bits per heavy atom. The zero-order chi connectivity index (χ0) is 21.0. The van der Waals surface area contributed by atoms with E-state index in [4.69, 9.17) is 13.6 Å². The van der Waals surface area contributed by atoms with Gasteiger partial charge in [-0.2, -0.15) is 4.39 Å². The quantitative estimate of drug-likeness (QED) is 0.290. The van der Waals surface area contributed by atoms with E-state index in [-0.39, 0.29) is 23.3 Å². The van der Waals surface area contributed by atoms with Crippen molar-refractivity contribution in [1.82, 2.24) is 0 Å². The molecular formula is C19H39FO4Si2. The van der Waals surface area contributed by atoms with Crippen LogP contribution in [0.1, 0.15) is 48.5 Å². The van der Waals surface area contributed by atoms with Crippen LogP contribution in [0, 0.1) is 0 Å². The van der Waals surface area contributed by atoms with Crippen LogP contribution in [-0.2, 0) is 18.4 Å². The molecule has 26 heavy (non-hydrogen) atoms. The van der Waals surface area contributed by atoms with Crippen molar-refractivity contribution in [2.45, 2.75) is 90.8 Å². The van der Waals surface area contributed by atoms with Gasteiger partial charge in [-0.3, -0.25) is 0 Å². The Balaban J connectivity index is 5.49. The number of rotatable bonds is 8. The summed E-state index contributed by atoms with van der Waals surface area (Å²) in [5, 5.41) is 0.00832. The van der Waals surface area contributed by atoms with Crippen LogP contribution in [0.5, 0.6) is 0 Å². The molecule has 0 bridgehead atoms. The lowest BCUT2D eigenvalue weighted by Gasteiger charge is -2.41. The summed E-state index contributed by atoms with van der Waals surface area (Å²) in [6.07, 6.45) is 0.598. The molecule has 7 heteroatoms. The third-order valence-electron chi connectivity index (χ3n) is 5.47. The molecule has 0 aromatic heterocycles. The van der Waals surface area contributed by atoms with Gasteiger partial charge < -0.3 is 13.6 Å². The zero-order valence-corrected chi connectivity index (χ0v) is 20.6. The van der Waals surface area contributed by atoms with E-state index in [9.17, 15) is 9.18 Å². The van der Waals surface area contributed by atoms with Gasteiger partial charge in [0.05, 0.1) is 19.3 Å². The Hall–Kier alpha value is -0.506. The summed E-state index contributed by atoms with van der Waals surface area (Å²) >= 11 is 0. The number of hydrogen-bond acceptors (Lipinski definition) is 4. The molecule has 0 saturated heterocycles. The molecule has 0 amide bonds. The Bertz CT molecular complexity index is 503. The Morgan fingerprint density at radius 2 is 1.46 bits per heavy atom. The molecule has 0 aromatic carbocycles. The van der Waals surface area contributed by atoms with Gasteiger partial charge in [-0.1, -0.05) is 41.5 Å². The predicted molar refractivity (Wildman–Crippen MR) is 111 cm³/mol. The number of carbonyl (C=O) groups excluding carboxylic acids is 1. The summed E-state index contributed by atoms with van der Waals surface area (Å²) in [5.74, 6) is -1.88. The molecule has 0 heterocycles. The molecule has 0 N–H and O–H groups in total. The fourth-order valence-electron chi connectivity index (χ4n) is 1.61. The molecule has 0 spiro atoms. The summed E-state index contributed by atoms with van der Waals surface area (Å²) in [7, 11) is -4.17. The van der Waals surface area contributed by atoms with Crippen LogP contribution >= 0.6 is 0 Å². The first-order chi connectivity index (χ1) is 11.4. The number of carbonyl (C=O) groups is 1. The molecule has 0 aliphatic rings. The van der Waals surface area contributed by atoms with Gasteiger partial charge in [-0.05, 0) is 49.3 Å². The lowest BCUT2D eigenvalue weighted by Crippen LogP contribution is -2.47. The second-order valence-corrected chi connectivity index (χ2v) is 19.3. The minimum absolute atomic E-state index is 0.0313. The van der Waals surface area contributed by atoms with Crippen LogP contribution < -0.4 is 0 Å². The predicted octanol–water partition coefficient (Wildman–Crippen LogP) is 5.82. The highest BCUT2D eigenvalue weighted by molar-refractivity contribution is 6.74. The minimum atomic E-state index is -2.16. The van der Waals surface area contributed by atoms with Gasteiger partial charge in [0.15, 0.2) is 16.6 Å². The first-order valence-electron chi connectivity index (χ1n) is 9.31. The summed E-state index contributed by atoms with van der Waals surface area (Å²) in [4.78, 5) is 11.7. The maximum Gasteiger partial charge on any atom is 0.366 e. The molecule has 1 atom stereocenters. The summed E-state index contributed by atoms with van der Waals surface area (Å²) < 4.78 is 31.5. The lowest BCUT2D eigenvalue weighted by molar-refractivity contribution is -0.140. The van der Waals surface area contributed by atoms with E-state index in [0.29, 0.717) is 0 Å². The molecular weight excluding hydrogens is 367 g/mol. The van der Waals surface area contributed by atoms with Crippen molar-refractivity contribution in [2.75, 3.05) is 13.2 Å². The fraction of sp³-hybridized carbons (Fsp3) is 0.842. The molecule has 0 aliphatic carbocycles. The average molecular weight is 407 g/mol. The lowest BCUT2D eigenvalue weighted by atomic mass is 10.2. The van der Waals surface area contributed by atoms with Gasteiger partial charge in [0.2, 0.25) is 5.83 Å². The van der Waals surface area contributed by atoms with E-state index < -0.39 is 34.5 Å². The van der Waals surface area contributed by atoms with E-state index in [1.807, 2.05) is 0 Å². The second kappa shape index (κ2) is 9.12. The van der Waals surface area contributed by atoms with Gasteiger partial charge in [0.1, 0.15) is 0 Å². The number of esters is 1. The van der Waals surface area contributed by atoms with Gasteiger partial charge in [-0.25, -0.2) is 4.79 Å². The number of halogens is 1. The zero-order valence-electron chi connectivity index (χ0n) is 18.6. The van der Waals surface area contributed by atoms with E-state index >= 15 is 0 Å². The highest BCUT2D eigenvalue weighted by Crippen LogP contribution is 2.39. The van der Waals surface area contributed by atoms with Crippen molar-refractivity contribution < 1.29 is 22.8 Å². The van der Waals surface area contributed by atoms with Gasteiger partial charge in [0, 0.05) is 0 Å². The van der Waals surface area contributed by atoms with Crippen LogP contribution in [0.25, 0.3) is 0 Å². The molecule has 0 rings (SSSR count). The first kappa shape index (κ1) is 25.5. The summed E-state index contributed by atoms with van der Waals surface area (Å²) in [6.45, 7) is 23.3. The third kappa shape index (κ3) is 7.62. The average Bonchev–Trinajstić information content (AvgIpc) is 2.42. The molecule has 154 valence electrons. The highest BCUT2D eigenvalue weighted by Gasteiger charge is 2.41. The fourth-order valence-corrected chi connectivity index (χ4v) is 3.87. The monoisotopic (exact) mass is 406 g/mol. The van der Waals surface area contributed by atoms with Crippen molar-refractivity contribution in [2.24, 2.45) is 0 Å². The molecule has 0 fully saturated rings. The van der Waals surface area contributed by atoms with Crippen molar-refractivity contribution in [1.29, 1.82) is 0 Å². The topological polar surface area (TPSA) is 44.8 Å². The smallest absolute Gasteiger partial charge is 0.366 e. The van der Waals surface area contributed by atoms with Crippen LogP contribution in [0.4, 0.5) is 4.39 Å². The van der Waals surface area contributed by atoms with Gasteiger partial charge in [0.25, 0.3) is 0 Å². The molecule has 0 aromatic rings. The molecule has 0 saturated carbocycles. The maximum absolute atomic E-state index is 14.2. The van der Waals surface area contributed by atoms with Crippen LogP contribution in [0.2, 0.25) is 36.3 Å². The second-order valence-electron chi connectivity index (χ2n) is 9.72. The largest absolute Gasteiger partial charge is 0.461 e. The molecule has 0 aliphatic heterocycles. The van der Waals surface area contributed by atoms with Crippen molar-refractivity contribution in [3.05, 3.63) is 11.9 Å². The van der Waals surface area contributed by atoms with E-state index in [2.05, 4.69) is 67.7 Å². The molecule has 1 unspecified atom stereocenters. The standard InChI is InChI=1S/C19H39FO4Si2/c1-12-22-17(21)16(20)13-15(24-26(10,11)19(5,6)7)14-23-25(8,9)18(2,3)4/h13,15H,12,14H2,1-11H3/b16-13-. The normalized spacial score (nSPS) is 15.8. The van der Waals surface area contributed by atoms with Crippen LogP contribution in [-0.4, -0.2) is 41.9 Å². The van der Waals surface area contributed by atoms with Crippen LogP contribution in [0.15, 0.2) is 11.9 Å². The van der Waals surface area contributed by atoms with E-state index in [1.54, 1.807) is 6.92 Å². The maximum atomic E-state index is 14.2. The van der Waals surface area contributed by atoms with Gasteiger partial charge in [-0.15, -0.1) is 0 Å². The Kier molecular flexibility index (Phi) is 8.95. The summed E-state index contributed by atoms with van der Waals surface area (Å²) in [6, 6.07) is 0. The molecule has 4 nitrogen and oxygen atoms in total. The third-order valence-corrected chi connectivity index (χ3v) is 14.5. The Labute approximate surface area is 161 Å². The Morgan fingerprint density at radius 3 is 1.85 bits per heavy atom. The van der Waals surface area contributed by atoms with Crippen LogP contribution in [0.3, 0.4) is 0 Å². The molecule has 0 radical (unpaired) electrons. The van der Waals surface area contributed by atoms with E-state index in [1.165, 1.54) is 6.08 Å². The highest BCUT2D eigenvalue weighted by atomic mass is 28.4. The summed E-state index contributed by atoms with van der Waals surface area (Å²) in [5.41, 5.74) is 0. The van der Waals surface area contributed by atoms with Crippen molar-refractivity contribution >= 4 is 22.6 Å². The number of hydrogen-bond donors (Lipinski definition) is 0. The van der Waals surface area contributed by atoms with E-state index in [0.717, 1.165) is 0 Å². The van der Waals surface area contributed by atoms with Gasteiger partial charge >= 0.3 is 5.97 Å². The van der Waals surface area contributed by atoms with Crippen molar-refractivity contribution in [3.8, 4) is 0 Å². The minimum Gasteiger partial charge on any atom is -0.461 e. The first-order valence-corrected chi connectivity index (χ1v) is 15.1.